The van der Waals surface area contributed by atoms with E-state index in [0.29, 0.717) is 6.04 Å². The molecule has 0 bridgehead atoms. The number of hydrogen-bond donors (Lipinski definition) is 1. The van der Waals surface area contributed by atoms with Gasteiger partial charge in [-0.1, -0.05) is 37.6 Å². The summed E-state index contributed by atoms with van der Waals surface area (Å²) in [5.74, 6) is 0. The predicted octanol–water partition coefficient (Wildman–Crippen LogP) is 3.41. The van der Waals surface area contributed by atoms with Gasteiger partial charge in [0.05, 0.1) is 0 Å². The van der Waals surface area contributed by atoms with Crippen molar-refractivity contribution in [3.05, 3.63) is 34.9 Å². The van der Waals surface area contributed by atoms with Crippen LogP contribution in [0.1, 0.15) is 38.3 Å². The first-order valence-electron chi connectivity index (χ1n) is 8.67. The van der Waals surface area contributed by atoms with Crippen LogP contribution in [-0.2, 0) is 0 Å². The molecule has 1 fully saturated rings. The second kappa shape index (κ2) is 9.51. The largest absolute Gasteiger partial charge is 0.314 e. The van der Waals surface area contributed by atoms with Gasteiger partial charge in [-0.15, -0.1) is 0 Å². The van der Waals surface area contributed by atoms with Gasteiger partial charge in [0.1, 0.15) is 0 Å². The zero-order valence-electron chi connectivity index (χ0n) is 14.0. The van der Waals surface area contributed by atoms with Crippen LogP contribution in [0.2, 0.25) is 5.02 Å². The molecule has 4 heteroatoms. The van der Waals surface area contributed by atoms with Crippen LogP contribution in [0, 0.1) is 0 Å². The van der Waals surface area contributed by atoms with E-state index in [-0.39, 0.29) is 0 Å². The molecule has 1 aromatic carbocycles. The molecule has 3 nitrogen and oxygen atoms in total. The minimum absolute atomic E-state index is 0.443. The van der Waals surface area contributed by atoms with E-state index < -0.39 is 0 Å². The van der Waals surface area contributed by atoms with Crippen LogP contribution in [0.15, 0.2) is 24.3 Å². The second-order valence-electron chi connectivity index (χ2n) is 6.16. The van der Waals surface area contributed by atoms with Crippen LogP contribution < -0.4 is 5.32 Å². The van der Waals surface area contributed by atoms with Gasteiger partial charge in [0.25, 0.3) is 0 Å². The molecular weight excluding hydrogens is 294 g/mol. The fraction of sp³-hybridized carbons (Fsp3) is 0.667. The molecule has 0 amide bonds. The highest BCUT2D eigenvalue weighted by atomic mass is 35.5. The van der Waals surface area contributed by atoms with Crippen molar-refractivity contribution in [3.63, 3.8) is 0 Å². The lowest BCUT2D eigenvalue weighted by Crippen LogP contribution is -2.48. The molecule has 0 saturated carbocycles. The zero-order valence-corrected chi connectivity index (χ0v) is 14.8. The lowest BCUT2D eigenvalue weighted by molar-refractivity contribution is 0.124. The average molecular weight is 324 g/mol. The molecule has 2 rings (SSSR count). The van der Waals surface area contributed by atoms with Crippen LogP contribution >= 0.6 is 11.6 Å². The Balaban J connectivity index is 2.16. The van der Waals surface area contributed by atoms with E-state index in [4.69, 9.17) is 11.6 Å². The molecule has 0 spiro atoms. The van der Waals surface area contributed by atoms with Gasteiger partial charge < -0.3 is 10.2 Å². The quantitative estimate of drug-likeness (QED) is 0.791. The lowest BCUT2D eigenvalue weighted by atomic mass is 10.0. The molecule has 1 aromatic rings. The van der Waals surface area contributed by atoms with Crippen LogP contribution in [0.5, 0.6) is 0 Å². The molecule has 0 radical (unpaired) electrons. The summed E-state index contributed by atoms with van der Waals surface area (Å²) in [4.78, 5) is 5.22. The number of rotatable bonds is 8. The smallest absolute Gasteiger partial charge is 0.0476 e. The summed E-state index contributed by atoms with van der Waals surface area (Å²) in [6.45, 7) is 12.4. The number of piperazine rings is 1. The lowest BCUT2D eigenvalue weighted by Gasteiger charge is -2.38. The molecule has 0 aromatic heterocycles. The number of halogens is 1. The first-order chi connectivity index (χ1) is 10.7. The average Bonchev–Trinajstić information content (AvgIpc) is 2.54. The molecule has 1 aliphatic rings. The molecule has 124 valence electrons. The molecule has 1 saturated heterocycles. The standard InChI is InChI=1S/C18H30ClN3/c1-3-10-21(11-4-2)15-18(22-12-8-20-9-13-22)16-6-5-7-17(19)14-16/h5-7,14,18,20H,3-4,8-13,15H2,1-2H3. The van der Waals surface area contributed by atoms with Crippen LogP contribution in [0.3, 0.4) is 0 Å². The molecule has 22 heavy (non-hydrogen) atoms. The maximum absolute atomic E-state index is 6.24. The fourth-order valence-corrected chi connectivity index (χ4v) is 3.51. The zero-order chi connectivity index (χ0) is 15.8. The summed E-state index contributed by atoms with van der Waals surface area (Å²) in [5.41, 5.74) is 1.35. The van der Waals surface area contributed by atoms with Gasteiger partial charge in [-0.2, -0.15) is 0 Å². The fourth-order valence-electron chi connectivity index (χ4n) is 3.31. The van der Waals surface area contributed by atoms with Crippen molar-refractivity contribution in [1.29, 1.82) is 0 Å². The van der Waals surface area contributed by atoms with Crippen molar-refractivity contribution >= 4 is 11.6 Å². The minimum Gasteiger partial charge on any atom is -0.314 e. The Morgan fingerprint density at radius 1 is 1.18 bits per heavy atom. The first-order valence-corrected chi connectivity index (χ1v) is 9.05. The van der Waals surface area contributed by atoms with Gasteiger partial charge in [0.2, 0.25) is 0 Å². The number of hydrogen-bond acceptors (Lipinski definition) is 3. The third-order valence-corrected chi connectivity index (χ3v) is 4.57. The monoisotopic (exact) mass is 323 g/mol. The summed E-state index contributed by atoms with van der Waals surface area (Å²) in [6, 6.07) is 8.87. The Labute approximate surface area is 140 Å². The Morgan fingerprint density at radius 2 is 1.86 bits per heavy atom. The summed E-state index contributed by atoms with van der Waals surface area (Å²) in [6.07, 6.45) is 2.42. The third kappa shape index (κ3) is 5.24. The molecule has 1 heterocycles. The second-order valence-corrected chi connectivity index (χ2v) is 6.59. The third-order valence-electron chi connectivity index (χ3n) is 4.34. The Hall–Kier alpha value is -0.610. The molecule has 1 N–H and O–H groups in total. The van der Waals surface area contributed by atoms with Gasteiger partial charge in [-0.3, -0.25) is 4.90 Å². The maximum Gasteiger partial charge on any atom is 0.0476 e. The highest BCUT2D eigenvalue weighted by molar-refractivity contribution is 6.30. The minimum atomic E-state index is 0.443. The van der Waals surface area contributed by atoms with Crippen molar-refractivity contribution < 1.29 is 0 Å². The SMILES string of the molecule is CCCN(CCC)CC(c1cccc(Cl)c1)N1CCNCC1. The first kappa shape index (κ1) is 17.7. The highest BCUT2D eigenvalue weighted by Gasteiger charge is 2.24. The van der Waals surface area contributed by atoms with Crippen molar-refractivity contribution in [1.82, 2.24) is 15.1 Å². The molecular formula is C18H30ClN3. The molecule has 1 aliphatic heterocycles. The van der Waals surface area contributed by atoms with Gasteiger partial charge >= 0.3 is 0 Å². The molecule has 1 unspecified atom stereocenters. The van der Waals surface area contributed by atoms with Crippen LogP contribution in [-0.4, -0.2) is 55.6 Å². The van der Waals surface area contributed by atoms with E-state index in [1.54, 1.807) is 0 Å². The summed E-state index contributed by atoms with van der Waals surface area (Å²) in [5, 5.41) is 4.30. The van der Waals surface area contributed by atoms with Crippen molar-refractivity contribution in [2.75, 3.05) is 45.8 Å². The van der Waals surface area contributed by atoms with Crippen molar-refractivity contribution in [2.24, 2.45) is 0 Å². The number of benzene rings is 1. The molecule has 1 atom stereocenters. The summed E-state index contributed by atoms with van der Waals surface area (Å²) < 4.78 is 0. The predicted molar refractivity (Wildman–Crippen MR) is 95.7 cm³/mol. The normalized spacial score (nSPS) is 17.8. The maximum atomic E-state index is 6.24. The van der Waals surface area contributed by atoms with Crippen LogP contribution in [0.25, 0.3) is 0 Å². The van der Waals surface area contributed by atoms with Crippen LogP contribution in [0.4, 0.5) is 0 Å². The van der Waals surface area contributed by atoms with Gasteiger partial charge in [0.15, 0.2) is 0 Å². The number of nitrogens with zero attached hydrogens (tertiary/aromatic N) is 2. The van der Waals surface area contributed by atoms with E-state index in [1.165, 1.54) is 31.5 Å². The van der Waals surface area contributed by atoms with Crippen molar-refractivity contribution in [3.8, 4) is 0 Å². The van der Waals surface area contributed by atoms with E-state index in [9.17, 15) is 0 Å². The highest BCUT2D eigenvalue weighted by Crippen LogP contribution is 2.25. The molecule has 0 aliphatic carbocycles. The Bertz CT molecular complexity index is 426. The van der Waals surface area contributed by atoms with E-state index >= 15 is 0 Å². The topological polar surface area (TPSA) is 18.5 Å². The van der Waals surface area contributed by atoms with Crippen molar-refractivity contribution in [2.45, 2.75) is 32.7 Å². The van der Waals surface area contributed by atoms with E-state index in [2.05, 4.69) is 47.2 Å². The Morgan fingerprint density at radius 3 is 2.45 bits per heavy atom. The summed E-state index contributed by atoms with van der Waals surface area (Å²) >= 11 is 6.24. The van der Waals surface area contributed by atoms with Gasteiger partial charge in [0, 0.05) is 43.8 Å². The van der Waals surface area contributed by atoms with Gasteiger partial charge in [-0.05, 0) is 43.6 Å². The van der Waals surface area contributed by atoms with E-state index in [1.807, 2.05) is 6.07 Å². The van der Waals surface area contributed by atoms with E-state index in [0.717, 1.165) is 37.7 Å². The Kier molecular flexibility index (Phi) is 7.67. The summed E-state index contributed by atoms with van der Waals surface area (Å²) in [7, 11) is 0. The number of nitrogens with one attached hydrogen (secondary N) is 1. The van der Waals surface area contributed by atoms with Gasteiger partial charge in [-0.25, -0.2) is 0 Å².